The summed E-state index contributed by atoms with van der Waals surface area (Å²) >= 11 is 0. The summed E-state index contributed by atoms with van der Waals surface area (Å²) in [5, 5.41) is 0. The van der Waals surface area contributed by atoms with Crippen molar-refractivity contribution in [1.29, 1.82) is 0 Å². The van der Waals surface area contributed by atoms with Gasteiger partial charge < -0.3 is 23.6 Å². The van der Waals surface area contributed by atoms with Crippen molar-refractivity contribution in [2.45, 2.75) is 11.5 Å². The first-order valence-corrected chi connectivity index (χ1v) is 9.46. The minimum Gasteiger partial charge on any atom is -0.463 e. The number of aromatic amines is 1. The van der Waals surface area contributed by atoms with Gasteiger partial charge in [-0.05, 0) is 18.2 Å². The van der Waals surface area contributed by atoms with Crippen molar-refractivity contribution >= 4 is 22.0 Å². The number of hydrogen-bond acceptors (Lipinski definition) is 8. The molecular formula is C16H18N2O8S. The molecule has 0 aliphatic carbocycles. The van der Waals surface area contributed by atoms with Crippen LogP contribution in [-0.4, -0.2) is 63.1 Å². The van der Waals surface area contributed by atoms with Crippen LogP contribution in [0.4, 0.5) is 0 Å². The molecule has 146 valence electrons. The molecule has 1 aliphatic rings. The molecule has 11 heteroatoms. The number of furan rings is 1. The Hall–Kier alpha value is -2.63. The number of H-pyrrole nitrogens is 1. The molecule has 3 heterocycles. The van der Waals surface area contributed by atoms with E-state index in [1.807, 2.05) is 0 Å². The number of hydrogen-bond donors (Lipinski definition) is 1. The molecule has 0 aromatic carbocycles. The minimum absolute atomic E-state index is 0.0117. The molecule has 1 saturated heterocycles. The summed E-state index contributed by atoms with van der Waals surface area (Å²) in [5.41, 5.74) is -0.0124. The van der Waals surface area contributed by atoms with Crippen LogP contribution >= 0.6 is 0 Å². The number of aromatic nitrogens is 1. The van der Waals surface area contributed by atoms with E-state index in [4.69, 9.17) is 13.9 Å². The second kappa shape index (κ2) is 7.94. The molecule has 1 fully saturated rings. The van der Waals surface area contributed by atoms with Gasteiger partial charge in [0.05, 0.1) is 20.3 Å². The number of carbonyl (C=O) groups is 2. The third kappa shape index (κ3) is 4.21. The van der Waals surface area contributed by atoms with E-state index in [0.717, 1.165) is 0 Å². The molecule has 0 atom stereocenters. The van der Waals surface area contributed by atoms with E-state index in [1.54, 1.807) is 0 Å². The van der Waals surface area contributed by atoms with Gasteiger partial charge in [-0.15, -0.1) is 0 Å². The SMILES string of the molecule is COC(=O)c1ccc(COC(=O)c2cc(S(=O)(=O)N3CCOCC3)c[nH]2)o1. The maximum absolute atomic E-state index is 12.5. The fourth-order valence-electron chi connectivity index (χ4n) is 2.46. The van der Waals surface area contributed by atoms with Gasteiger partial charge in [0.25, 0.3) is 0 Å². The number of ether oxygens (including phenoxy) is 3. The lowest BCUT2D eigenvalue weighted by Crippen LogP contribution is -2.40. The van der Waals surface area contributed by atoms with Crippen molar-refractivity contribution in [3.05, 3.63) is 41.6 Å². The average molecular weight is 398 g/mol. The molecule has 0 saturated carbocycles. The number of nitrogens with one attached hydrogen (secondary N) is 1. The van der Waals surface area contributed by atoms with E-state index in [0.29, 0.717) is 13.2 Å². The summed E-state index contributed by atoms with van der Waals surface area (Å²) in [6.45, 7) is 0.952. The van der Waals surface area contributed by atoms with E-state index in [-0.39, 0.29) is 41.8 Å². The summed E-state index contributed by atoms with van der Waals surface area (Å²) in [4.78, 5) is 26.0. The standard InChI is InChI=1S/C16H18N2O8S/c1-23-16(20)14-3-2-11(26-14)10-25-15(19)13-8-12(9-17-13)27(21,22)18-4-6-24-7-5-18/h2-3,8-9,17H,4-7,10H2,1H3. The van der Waals surface area contributed by atoms with Gasteiger partial charge in [-0.25, -0.2) is 18.0 Å². The third-order valence-electron chi connectivity index (χ3n) is 3.88. The molecule has 1 N–H and O–H groups in total. The number of nitrogens with zero attached hydrogens (tertiary/aromatic N) is 1. The first kappa shape index (κ1) is 19.1. The van der Waals surface area contributed by atoms with Crippen LogP contribution in [0, 0.1) is 0 Å². The van der Waals surface area contributed by atoms with Crippen molar-refractivity contribution in [2.24, 2.45) is 0 Å². The van der Waals surface area contributed by atoms with Gasteiger partial charge in [-0.3, -0.25) is 0 Å². The summed E-state index contributed by atoms with van der Waals surface area (Å²) < 4.78 is 46.3. The number of methoxy groups -OCH3 is 1. The summed E-state index contributed by atoms with van der Waals surface area (Å²) in [6, 6.07) is 4.09. The quantitative estimate of drug-likeness (QED) is 0.707. The monoisotopic (exact) mass is 398 g/mol. The van der Waals surface area contributed by atoms with Crippen LogP contribution in [0.2, 0.25) is 0 Å². The second-order valence-corrected chi connectivity index (χ2v) is 7.54. The van der Waals surface area contributed by atoms with E-state index in [1.165, 1.54) is 35.8 Å². The van der Waals surface area contributed by atoms with Gasteiger partial charge in [-0.1, -0.05) is 0 Å². The van der Waals surface area contributed by atoms with Gasteiger partial charge in [0, 0.05) is 19.3 Å². The number of esters is 2. The van der Waals surface area contributed by atoms with Crippen LogP contribution in [-0.2, 0) is 30.8 Å². The van der Waals surface area contributed by atoms with Gasteiger partial charge in [-0.2, -0.15) is 4.31 Å². The zero-order valence-electron chi connectivity index (χ0n) is 14.5. The van der Waals surface area contributed by atoms with Crippen LogP contribution < -0.4 is 0 Å². The molecular weight excluding hydrogens is 380 g/mol. The molecule has 1 aliphatic heterocycles. The van der Waals surface area contributed by atoms with Crippen LogP contribution in [0.3, 0.4) is 0 Å². The zero-order chi connectivity index (χ0) is 19.4. The smallest absolute Gasteiger partial charge is 0.373 e. The Morgan fingerprint density at radius 2 is 1.96 bits per heavy atom. The molecule has 0 radical (unpaired) electrons. The van der Waals surface area contributed by atoms with Gasteiger partial charge in [0.2, 0.25) is 15.8 Å². The highest BCUT2D eigenvalue weighted by Crippen LogP contribution is 2.19. The molecule has 10 nitrogen and oxygen atoms in total. The van der Waals surface area contributed by atoms with Crippen molar-refractivity contribution in [3.63, 3.8) is 0 Å². The lowest BCUT2D eigenvalue weighted by Gasteiger charge is -2.25. The van der Waals surface area contributed by atoms with E-state index < -0.39 is 22.0 Å². The number of sulfonamides is 1. The van der Waals surface area contributed by atoms with E-state index in [9.17, 15) is 18.0 Å². The minimum atomic E-state index is -3.71. The molecule has 3 rings (SSSR count). The fraction of sp³-hybridized carbons (Fsp3) is 0.375. The lowest BCUT2D eigenvalue weighted by atomic mass is 10.4. The maximum atomic E-state index is 12.5. The molecule has 27 heavy (non-hydrogen) atoms. The Labute approximate surface area is 155 Å². The van der Waals surface area contributed by atoms with Gasteiger partial charge in [0.15, 0.2) is 0 Å². The van der Waals surface area contributed by atoms with Gasteiger partial charge >= 0.3 is 11.9 Å². The van der Waals surface area contributed by atoms with Crippen LogP contribution in [0.1, 0.15) is 26.8 Å². The third-order valence-corrected chi connectivity index (χ3v) is 5.75. The van der Waals surface area contributed by atoms with Crippen molar-refractivity contribution in [3.8, 4) is 0 Å². The average Bonchev–Trinajstić information content (AvgIpc) is 3.36. The first-order valence-electron chi connectivity index (χ1n) is 8.02. The first-order chi connectivity index (χ1) is 12.9. The van der Waals surface area contributed by atoms with Crippen molar-refractivity contribution < 1.29 is 36.6 Å². The Morgan fingerprint density at radius 1 is 1.22 bits per heavy atom. The van der Waals surface area contributed by atoms with Crippen LogP contribution in [0.25, 0.3) is 0 Å². The summed E-state index contributed by atoms with van der Waals surface area (Å²) in [5.74, 6) is -1.16. The highest BCUT2D eigenvalue weighted by atomic mass is 32.2. The normalized spacial score (nSPS) is 15.4. The largest absolute Gasteiger partial charge is 0.463 e. The predicted octanol–water partition coefficient (Wildman–Crippen LogP) is 0.772. The molecule has 0 bridgehead atoms. The predicted molar refractivity (Wildman–Crippen MR) is 89.5 cm³/mol. The molecule has 0 unspecified atom stereocenters. The zero-order valence-corrected chi connectivity index (χ0v) is 15.3. The number of rotatable bonds is 6. The molecule has 2 aromatic heterocycles. The Balaban J connectivity index is 1.63. The second-order valence-electron chi connectivity index (χ2n) is 5.60. The van der Waals surface area contributed by atoms with Crippen LogP contribution in [0.15, 0.2) is 33.7 Å². The van der Waals surface area contributed by atoms with E-state index >= 15 is 0 Å². The number of morpholine rings is 1. The Kier molecular flexibility index (Phi) is 5.63. The highest BCUT2D eigenvalue weighted by Gasteiger charge is 2.28. The molecule has 0 amide bonds. The van der Waals surface area contributed by atoms with Crippen molar-refractivity contribution in [1.82, 2.24) is 9.29 Å². The van der Waals surface area contributed by atoms with Crippen molar-refractivity contribution in [2.75, 3.05) is 33.4 Å². The molecule has 0 spiro atoms. The summed E-state index contributed by atoms with van der Waals surface area (Å²) in [7, 11) is -2.49. The highest BCUT2D eigenvalue weighted by molar-refractivity contribution is 7.89. The summed E-state index contributed by atoms with van der Waals surface area (Å²) in [6.07, 6.45) is 1.24. The number of carbonyl (C=O) groups excluding carboxylic acids is 2. The topological polar surface area (TPSA) is 128 Å². The fourth-order valence-corrected chi connectivity index (χ4v) is 3.86. The molecule has 2 aromatic rings. The lowest BCUT2D eigenvalue weighted by molar-refractivity contribution is 0.0432. The Bertz CT molecular complexity index is 924. The maximum Gasteiger partial charge on any atom is 0.373 e. The van der Waals surface area contributed by atoms with Gasteiger partial charge in [0.1, 0.15) is 23.0 Å². The van der Waals surface area contributed by atoms with Crippen LogP contribution in [0.5, 0.6) is 0 Å². The van der Waals surface area contributed by atoms with E-state index in [2.05, 4.69) is 9.72 Å². The Morgan fingerprint density at radius 3 is 2.67 bits per heavy atom.